The molecule has 3 nitrogen and oxygen atoms in total. The Morgan fingerprint density at radius 3 is 1.44 bits per heavy atom. The van der Waals surface area contributed by atoms with Crippen molar-refractivity contribution < 1.29 is 0 Å². The largest absolute Gasteiger partial charge is 0.309 e. The smallest absolute Gasteiger partial charge is 0.0887 e. The van der Waals surface area contributed by atoms with Gasteiger partial charge in [-0.1, -0.05) is 152 Å². The van der Waals surface area contributed by atoms with Crippen LogP contribution >= 0.6 is 0 Å². The van der Waals surface area contributed by atoms with Crippen LogP contribution < -0.4 is 4.90 Å². The number of nitrogens with zero attached hydrogens (tertiary/aromatic N) is 3. The molecule has 0 radical (unpaired) electrons. The van der Waals surface area contributed by atoms with E-state index in [1.807, 2.05) is 30.5 Å². The molecule has 266 valence electrons. The van der Waals surface area contributed by atoms with Crippen LogP contribution in [0.2, 0.25) is 0 Å². The molecule has 57 heavy (non-hydrogen) atoms. The average Bonchev–Trinajstić information content (AvgIpc) is 3.62. The van der Waals surface area contributed by atoms with E-state index in [0.717, 1.165) is 28.5 Å². The minimum atomic E-state index is 0.844. The highest BCUT2D eigenvalue weighted by Crippen LogP contribution is 2.58. The van der Waals surface area contributed by atoms with Crippen LogP contribution in [0.3, 0.4) is 0 Å². The van der Waals surface area contributed by atoms with Crippen LogP contribution in [-0.4, -0.2) is 9.97 Å². The summed E-state index contributed by atoms with van der Waals surface area (Å²) in [6, 6.07) is 71.8. The summed E-state index contributed by atoms with van der Waals surface area (Å²) in [4.78, 5) is 11.6. The highest BCUT2D eigenvalue weighted by Gasteiger charge is 2.31. The zero-order chi connectivity index (χ0) is 37.7. The van der Waals surface area contributed by atoms with Gasteiger partial charge in [0.25, 0.3) is 0 Å². The van der Waals surface area contributed by atoms with E-state index in [4.69, 9.17) is 4.98 Å². The Balaban J connectivity index is 1.07. The lowest BCUT2D eigenvalue weighted by atomic mass is 9.82. The van der Waals surface area contributed by atoms with Gasteiger partial charge in [-0.05, 0) is 126 Å². The van der Waals surface area contributed by atoms with Gasteiger partial charge in [0.2, 0.25) is 0 Å². The number of hydrogen-bond acceptors (Lipinski definition) is 3. The summed E-state index contributed by atoms with van der Waals surface area (Å²) in [7, 11) is 0. The van der Waals surface area contributed by atoms with Crippen molar-refractivity contribution in [2.24, 2.45) is 0 Å². The zero-order valence-electron chi connectivity index (χ0n) is 31.0. The van der Waals surface area contributed by atoms with Crippen LogP contribution in [0.4, 0.5) is 17.1 Å². The fraction of sp³-hybridized carbons (Fsp3) is 0. The molecule has 0 saturated carbocycles. The van der Waals surface area contributed by atoms with E-state index in [1.165, 1.54) is 77.2 Å². The predicted molar refractivity (Wildman–Crippen MR) is 238 cm³/mol. The van der Waals surface area contributed by atoms with Crippen molar-refractivity contribution in [3.05, 3.63) is 213 Å². The molecule has 0 bridgehead atoms. The van der Waals surface area contributed by atoms with Gasteiger partial charge in [-0.15, -0.1) is 0 Å². The molecule has 0 amide bonds. The number of rotatable bonds is 7. The molecule has 1 aliphatic rings. The molecule has 0 fully saturated rings. The van der Waals surface area contributed by atoms with Crippen molar-refractivity contribution in [2.75, 3.05) is 4.90 Å². The van der Waals surface area contributed by atoms with E-state index < -0.39 is 0 Å². The maximum atomic E-state index is 4.82. The van der Waals surface area contributed by atoms with Crippen molar-refractivity contribution in [3.63, 3.8) is 0 Å². The summed E-state index contributed by atoms with van der Waals surface area (Å²) in [5.41, 5.74) is 17.4. The number of para-hydroxylation sites is 1. The summed E-state index contributed by atoms with van der Waals surface area (Å²) < 4.78 is 0. The van der Waals surface area contributed by atoms with Crippen LogP contribution in [0, 0.1) is 0 Å². The van der Waals surface area contributed by atoms with Crippen molar-refractivity contribution in [2.45, 2.75) is 0 Å². The van der Waals surface area contributed by atoms with Crippen LogP contribution in [0.15, 0.2) is 213 Å². The van der Waals surface area contributed by atoms with Crippen molar-refractivity contribution in [1.29, 1.82) is 0 Å². The first-order valence-corrected chi connectivity index (χ1v) is 19.4. The van der Waals surface area contributed by atoms with Gasteiger partial charge < -0.3 is 4.90 Å². The maximum Gasteiger partial charge on any atom is 0.0887 e. The fourth-order valence-corrected chi connectivity index (χ4v) is 8.86. The van der Waals surface area contributed by atoms with Crippen molar-refractivity contribution in [1.82, 2.24) is 9.97 Å². The van der Waals surface area contributed by atoms with E-state index in [2.05, 4.69) is 186 Å². The van der Waals surface area contributed by atoms with Crippen LogP contribution in [0.1, 0.15) is 0 Å². The topological polar surface area (TPSA) is 29.0 Å². The lowest BCUT2D eigenvalue weighted by molar-refractivity contribution is 1.21. The van der Waals surface area contributed by atoms with E-state index in [0.29, 0.717) is 0 Å². The molecule has 0 saturated heterocycles. The third-order valence-corrected chi connectivity index (χ3v) is 11.3. The van der Waals surface area contributed by atoms with Gasteiger partial charge in [0.1, 0.15) is 0 Å². The average molecular weight is 726 g/mol. The fourth-order valence-electron chi connectivity index (χ4n) is 8.86. The van der Waals surface area contributed by atoms with Crippen LogP contribution in [0.5, 0.6) is 0 Å². The normalized spacial score (nSPS) is 11.5. The zero-order valence-corrected chi connectivity index (χ0v) is 31.0. The Kier molecular flexibility index (Phi) is 7.82. The number of aromatic nitrogens is 2. The van der Waals surface area contributed by atoms with Crippen LogP contribution in [0.25, 0.3) is 88.6 Å². The molecule has 0 unspecified atom stereocenters. The molecule has 0 N–H and O–H groups in total. The molecular formula is C54H35N3. The SMILES string of the molecule is c1ccc(-c2c3c(c(-c4ccccc4)c4ccccc24)-c2ccc(-c4ccc(N(c5ccccc5)c5ccc(-c6ccccn6)nc5)cc4)c4cccc-3c24)cc1. The van der Waals surface area contributed by atoms with Crippen molar-refractivity contribution in [3.8, 4) is 67.0 Å². The molecule has 1 aliphatic carbocycles. The first-order valence-electron chi connectivity index (χ1n) is 19.4. The summed E-state index contributed by atoms with van der Waals surface area (Å²) in [5, 5.41) is 5.10. The van der Waals surface area contributed by atoms with Gasteiger partial charge >= 0.3 is 0 Å². The highest BCUT2D eigenvalue weighted by atomic mass is 15.1. The van der Waals surface area contributed by atoms with Gasteiger partial charge in [-0.2, -0.15) is 0 Å². The lowest BCUT2D eigenvalue weighted by Crippen LogP contribution is -2.10. The van der Waals surface area contributed by atoms with Crippen molar-refractivity contribution >= 4 is 38.6 Å². The molecule has 2 heterocycles. The minimum Gasteiger partial charge on any atom is -0.309 e. The van der Waals surface area contributed by atoms with E-state index >= 15 is 0 Å². The molecule has 3 heteroatoms. The second kappa shape index (κ2) is 13.6. The predicted octanol–water partition coefficient (Wildman–Crippen LogP) is 14.6. The third kappa shape index (κ3) is 5.43. The second-order valence-electron chi connectivity index (χ2n) is 14.5. The summed E-state index contributed by atoms with van der Waals surface area (Å²) in [5.74, 6) is 0. The van der Waals surface area contributed by atoms with E-state index in [-0.39, 0.29) is 0 Å². The summed E-state index contributed by atoms with van der Waals surface area (Å²) in [6.45, 7) is 0. The molecule has 11 rings (SSSR count). The summed E-state index contributed by atoms with van der Waals surface area (Å²) >= 11 is 0. The lowest BCUT2D eigenvalue weighted by Gasteiger charge is -2.25. The Labute approximate surface area is 331 Å². The first-order chi connectivity index (χ1) is 28.3. The standard InChI is InChI=1S/C54H35N3/c1-4-15-37(16-5-1)50-44-21-10-11-22-45(44)51(38-17-6-2-7-18-38)54-47-32-31-42(43-23-14-24-46(52(43)47)53(50)54)36-26-28-40(29-27-36)57(39-19-8-3-9-20-39)41-30-33-49(56-35-41)48-25-12-13-34-55-48/h1-35H. The van der Waals surface area contributed by atoms with Crippen LogP contribution in [-0.2, 0) is 0 Å². The molecule has 2 aromatic heterocycles. The number of benzene rings is 8. The highest BCUT2D eigenvalue weighted by molar-refractivity contribution is 6.28. The Morgan fingerprint density at radius 1 is 0.298 bits per heavy atom. The minimum absolute atomic E-state index is 0.844. The number of fused-ring (bicyclic) bond motifs is 4. The quantitative estimate of drug-likeness (QED) is 0.164. The number of pyridine rings is 2. The molecule has 0 aliphatic heterocycles. The Bertz CT molecular complexity index is 2980. The molecule has 0 spiro atoms. The Hall–Kier alpha value is -7.62. The maximum absolute atomic E-state index is 4.82. The van der Waals surface area contributed by atoms with Gasteiger partial charge in [0.05, 0.1) is 23.3 Å². The number of hydrogen-bond donors (Lipinski definition) is 0. The second-order valence-corrected chi connectivity index (χ2v) is 14.5. The molecule has 8 aromatic carbocycles. The monoisotopic (exact) mass is 725 g/mol. The van der Waals surface area contributed by atoms with E-state index in [9.17, 15) is 0 Å². The van der Waals surface area contributed by atoms with Gasteiger partial charge in [0, 0.05) is 17.6 Å². The summed E-state index contributed by atoms with van der Waals surface area (Å²) in [6.07, 6.45) is 3.73. The van der Waals surface area contributed by atoms with Gasteiger partial charge in [-0.25, -0.2) is 0 Å². The van der Waals surface area contributed by atoms with Gasteiger partial charge in [-0.3, -0.25) is 9.97 Å². The van der Waals surface area contributed by atoms with E-state index in [1.54, 1.807) is 6.20 Å². The molecule has 10 aromatic rings. The number of anilines is 3. The van der Waals surface area contributed by atoms with Gasteiger partial charge in [0.15, 0.2) is 0 Å². The first kappa shape index (κ1) is 32.8. The molecular weight excluding hydrogens is 691 g/mol. The third-order valence-electron chi connectivity index (χ3n) is 11.3. The Morgan fingerprint density at radius 2 is 0.825 bits per heavy atom. The molecule has 0 atom stereocenters.